The van der Waals surface area contributed by atoms with Crippen molar-refractivity contribution in [3.8, 4) is 11.3 Å². The van der Waals surface area contributed by atoms with E-state index in [1.54, 1.807) is 0 Å². The third-order valence-electron chi connectivity index (χ3n) is 3.67. The SMILES string of the molecule is O=C(NCc1cccc(C(F)(F)F)c1)c1cc(-c2ccc(F)cc2)n[nH]1. The minimum absolute atomic E-state index is 0.0619. The van der Waals surface area contributed by atoms with E-state index in [1.165, 1.54) is 42.5 Å². The number of H-pyrrole nitrogens is 1. The molecule has 3 rings (SSSR count). The number of hydrogen-bond acceptors (Lipinski definition) is 2. The number of carbonyl (C=O) groups is 1. The van der Waals surface area contributed by atoms with Gasteiger partial charge in [0.2, 0.25) is 0 Å². The molecule has 134 valence electrons. The Morgan fingerprint density at radius 1 is 1.08 bits per heavy atom. The van der Waals surface area contributed by atoms with Crippen LogP contribution in [0.4, 0.5) is 17.6 Å². The summed E-state index contributed by atoms with van der Waals surface area (Å²) in [5.41, 5.74) is 0.779. The molecule has 0 unspecified atom stereocenters. The summed E-state index contributed by atoms with van der Waals surface area (Å²) < 4.78 is 51.0. The van der Waals surface area contributed by atoms with Gasteiger partial charge in [-0.2, -0.15) is 18.3 Å². The predicted molar refractivity (Wildman–Crippen MR) is 86.6 cm³/mol. The lowest BCUT2D eigenvalue weighted by Gasteiger charge is -2.09. The second kappa shape index (κ2) is 6.99. The van der Waals surface area contributed by atoms with Crippen molar-refractivity contribution in [1.82, 2.24) is 15.5 Å². The maximum absolute atomic E-state index is 12.9. The minimum Gasteiger partial charge on any atom is -0.347 e. The van der Waals surface area contributed by atoms with Crippen molar-refractivity contribution >= 4 is 5.91 Å². The highest BCUT2D eigenvalue weighted by atomic mass is 19.4. The topological polar surface area (TPSA) is 57.8 Å². The van der Waals surface area contributed by atoms with E-state index in [-0.39, 0.29) is 18.1 Å². The molecule has 8 heteroatoms. The van der Waals surface area contributed by atoms with Gasteiger partial charge in [-0.3, -0.25) is 9.89 Å². The van der Waals surface area contributed by atoms with Gasteiger partial charge < -0.3 is 5.32 Å². The zero-order valence-electron chi connectivity index (χ0n) is 13.3. The van der Waals surface area contributed by atoms with Gasteiger partial charge in [0.05, 0.1) is 11.3 Å². The highest BCUT2D eigenvalue weighted by molar-refractivity contribution is 5.93. The Hall–Kier alpha value is -3.16. The fraction of sp³-hybridized carbons (Fsp3) is 0.111. The Bertz CT molecular complexity index is 917. The second-order valence-electron chi connectivity index (χ2n) is 5.55. The maximum atomic E-state index is 12.9. The molecule has 1 aromatic heterocycles. The smallest absolute Gasteiger partial charge is 0.347 e. The fourth-order valence-electron chi connectivity index (χ4n) is 2.34. The maximum Gasteiger partial charge on any atom is 0.416 e. The van der Waals surface area contributed by atoms with Crippen LogP contribution in [-0.4, -0.2) is 16.1 Å². The van der Waals surface area contributed by atoms with Gasteiger partial charge in [-0.1, -0.05) is 12.1 Å². The quantitative estimate of drug-likeness (QED) is 0.684. The van der Waals surface area contributed by atoms with E-state index in [1.807, 2.05) is 0 Å². The van der Waals surface area contributed by atoms with Crippen LogP contribution in [0.1, 0.15) is 21.6 Å². The van der Waals surface area contributed by atoms with Gasteiger partial charge in [-0.25, -0.2) is 4.39 Å². The average Bonchev–Trinajstić information content (AvgIpc) is 3.10. The van der Waals surface area contributed by atoms with Gasteiger partial charge in [0.15, 0.2) is 0 Å². The first-order valence-electron chi connectivity index (χ1n) is 7.58. The van der Waals surface area contributed by atoms with Crippen molar-refractivity contribution in [2.24, 2.45) is 0 Å². The molecule has 26 heavy (non-hydrogen) atoms. The number of nitrogens with zero attached hydrogens (tertiary/aromatic N) is 1. The number of nitrogens with one attached hydrogen (secondary N) is 2. The Morgan fingerprint density at radius 2 is 1.81 bits per heavy atom. The molecule has 1 heterocycles. The van der Waals surface area contributed by atoms with E-state index in [0.717, 1.165) is 12.1 Å². The molecule has 0 saturated heterocycles. The van der Waals surface area contributed by atoms with Crippen LogP contribution in [0.25, 0.3) is 11.3 Å². The molecule has 0 saturated carbocycles. The van der Waals surface area contributed by atoms with Gasteiger partial charge in [0.25, 0.3) is 5.91 Å². The number of rotatable bonds is 4. The van der Waals surface area contributed by atoms with Crippen LogP contribution in [-0.2, 0) is 12.7 Å². The molecule has 0 aliphatic rings. The number of carbonyl (C=O) groups excluding carboxylic acids is 1. The first-order chi connectivity index (χ1) is 12.3. The molecule has 2 aromatic carbocycles. The van der Waals surface area contributed by atoms with Crippen molar-refractivity contribution < 1.29 is 22.4 Å². The molecule has 0 spiro atoms. The van der Waals surface area contributed by atoms with Gasteiger partial charge in [0, 0.05) is 12.1 Å². The van der Waals surface area contributed by atoms with Crippen LogP contribution in [0.3, 0.4) is 0 Å². The molecular weight excluding hydrogens is 350 g/mol. The Kier molecular flexibility index (Phi) is 4.75. The van der Waals surface area contributed by atoms with Crippen molar-refractivity contribution in [2.45, 2.75) is 12.7 Å². The predicted octanol–water partition coefficient (Wildman–Crippen LogP) is 4.16. The summed E-state index contributed by atoms with van der Waals surface area (Å²) in [6.45, 7) is -0.0619. The van der Waals surface area contributed by atoms with Crippen LogP contribution in [0.5, 0.6) is 0 Å². The van der Waals surface area contributed by atoms with Crippen LogP contribution in [0.2, 0.25) is 0 Å². The van der Waals surface area contributed by atoms with Gasteiger partial charge in [-0.05, 0) is 48.0 Å². The summed E-state index contributed by atoms with van der Waals surface area (Å²) in [7, 11) is 0. The molecule has 2 N–H and O–H groups in total. The molecule has 3 aromatic rings. The molecule has 4 nitrogen and oxygen atoms in total. The molecular formula is C18H13F4N3O. The van der Waals surface area contributed by atoms with Gasteiger partial charge in [0.1, 0.15) is 11.5 Å². The summed E-state index contributed by atoms with van der Waals surface area (Å²) in [5, 5.41) is 9.07. The molecule has 0 fully saturated rings. The lowest BCUT2D eigenvalue weighted by molar-refractivity contribution is -0.137. The summed E-state index contributed by atoms with van der Waals surface area (Å²) in [6.07, 6.45) is -4.44. The van der Waals surface area contributed by atoms with E-state index < -0.39 is 17.6 Å². The zero-order chi connectivity index (χ0) is 18.7. The van der Waals surface area contributed by atoms with Crippen molar-refractivity contribution in [3.63, 3.8) is 0 Å². The van der Waals surface area contributed by atoms with Crippen molar-refractivity contribution in [2.75, 3.05) is 0 Å². The first kappa shape index (κ1) is 17.7. The number of benzene rings is 2. The van der Waals surface area contributed by atoms with Gasteiger partial charge >= 0.3 is 6.18 Å². The van der Waals surface area contributed by atoms with Crippen molar-refractivity contribution in [1.29, 1.82) is 0 Å². The molecule has 0 bridgehead atoms. The highest BCUT2D eigenvalue weighted by Gasteiger charge is 2.30. The summed E-state index contributed by atoms with van der Waals surface area (Å²) in [6, 6.07) is 11.8. The average molecular weight is 363 g/mol. The number of aromatic amines is 1. The molecule has 1 amide bonds. The molecule has 0 aliphatic carbocycles. The third kappa shape index (κ3) is 4.08. The number of amides is 1. The number of alkyl halides is 3. The molecule has 0 radical (unpaired) electrons. The standard InChI is InChI=1S/C18H13F4N3O/c19-14-6-4-12(5-7-14)15-9-16(25-24-15)17(26)23-10-11-2-1-3-13(8-11)18(20,21)22/h1-9H,10H2,(H,23,26)(H,24,25). The molecule has 0 aliphatic heterocycles. The number of halogens is 4. The molecule has 0 atom stereocenters. The van der Waals surface area contributed by atoms with E-state index >= 15 is 0 Å². The Labute approximate surface area is 145 Å². The normalized spacial score (nSPS) is 11.4. The summed E-state index contributed by atoms with van der Waals surface area (Å²) in [5.74, 6) is -0.897. The second-order valence-corrected chi connectivity index (χ2v) is 5.55. The van der Waals surface area contributed by atoms with Crippen LogP contribution < -0.4 is 5.32 Å². The van der Waals surface area contributed by atoms with E-state index in [2.05, 4.69) is 15.5 Å². The van der Waals surface area contributed by atoms with E-state index in [4.69, 9.17) is 0 Å². The fourth-order valence-corrected chi connectivity index (χ4v) is 2.34. The van der Waals surface area contributed by atoms with Gasteiger partial charge in [-0.15, -0.1) is 0 Å². The highest BCUT2D eigenvalue weighted by Crippen LogP contribution is 2.29. The van der Waals surface area contributed by atoms with Crippen LogP contribution in [0, 0.1) is 5.82 Å². The first-order valence-corrected chi connectivity index (χ1v) is 7.58. The van der Waals surface area contributed by atoms with E-state index in [0.29, 0.717) is 16.8 Å². The van der Waals surface area contributed by atoms with E-state index in [9.17, 15) is 22.4 Å². The number of aromatic nitrogens is 2. The zero-order valence-corrected chi connectivity index (χ0v) is 13.3. The monoisotopic (exact) mass is 363 g/mol. The largest absolute Gasteiger partial charge is 0.416 e. The van der Waals surface area contributed by atoms with Crippen LogP contribution >= 0.6 is 0 Å². The lowest BCUT2D eigenvalue weighted by atomic mass is 10.1. The summed E-state index contributed by atoms with van der Waals surface area (Å²) in [4.78, 5) is 12.1. The van der Waals surface area contributed by atoms with Crippen molar-refractivity contribution in [3.05, 3.63) is 77.2 Å². The number of hydrogen-bond donors (Lipinski definition) is 2. The third-order valence-corrected chi connectivity index (χ3v) is 3.67. The minimum atomic E-state index is -4.44. The Morgan fingerprint density at radius 3 is 2.50 bits per heavy atom. The summed E-state index contributed by atoms with van der Waals surface area (Å²) >= 11 is 0. The van der Waals surface area contributed by atoms with Crippen LogP contribution in [0.15, 0.2) is 54.6 Å². The Balaban J connectivity index is 1.67. The lowest BCUT2D eigenvalue weighted by Crippen LogP contribution is -2.23.